The minimum Gasteiger partial charge on any atom is -0.355 e. The second-order valence-corrected chi connectivity index (χ2v) is 4.55. The summed E-state index contributed by atoms with van der Waals surface area (Å²) in [5.41, 5.74) is -1.08. The van der Waals surface area contributed by atoms with Gasteiger partial charge in [0.15, 0.2) is 6.29 Å². The number of hydrogen-bond acceptors (Lipinski definition) is 4. The Hall–Kier alpha value is -2.51. The summed E-state index contributed by atoms with van der Waals surface area (Å²) < 4.78 is 52.2. The number of carbonyl (C=O) groups excluding carboxylic acids is 1. The third-order valence-corrected chi connectivity index (χ3v) is 3.00. The van der Waals surface area contributed by atoms with Crippen LogP contribution in [0.15, 0.2) is 30.6 Å². The van der Waals surface area contributed by atoms with E-state index >= 15 is 0 Å². The van der Waals surface area contributed by atoms with Crippen LogP contribution >= 0.6 is 0 Å². The van der Waals surface area contributed by atoms with Crippen molar-refractivity contribution >= 4 is 12.1 Å². The van der Waals surface area contributed by atoms with E-state index in [0.29, 0.717) is 6.29 Å². The van der Waals surface area contributed by atoms with Gasteiger partial charge < -0.3 is 4.90 Å². The lowest BCUT2D eigenvalue weighted by atomic mass is 10.1. The van der Waals surface area contributed by atoms with Crippen molar-refractivity contribution in [3.8, 4) is 0 Å². The Kier molecular flexibility index (Phi) is 4.39. The molecule has 0 unspecified atom stereocenters. The van der Waals surface area contributed by atoms with Crippen molar-refractivity contribution in [3.63, 3.8) is 0 Å². The Bertz CT molecular complexity index is 688. The molecule has 0 radical (unpaired) electrons. The van der Waals surface area contributed by atoms with E-state index in [2.05, 4.69) is 9.97 Å². The predicted molar refractivity (Wildman–Crippen MR) is 70.9 cm³/mol. The molecular formula is C14H11F4N3O. The average Bonchev–Trinajstić information content (AvgIpc) is 2.46. The number of carbonyl (C=O) groups is 1. The molecule has 116 valence electrons. The Morgan fingerprint density at radius 3 is 2.59 bits per heavy atom. The molecule has 0 bridgehead atoms. The fourth-order valence-electron chi connectivity index (χ4n) is 1.90. The third kappa shape index (κ3) is 3.38. The highest BCUT2D eigenvalue weighted by Gasteiger charge is 2.33. The summed E-state index contributed by atoms with van der Waals surface area (Å²) in [6, 6.07) is 3.46. The van der Waals surface area contributed by atoms with E-state index in [1.165, 1.54) is 24.1 Å². The zero-order valence-electron chi connectivity index (χ0n) is 11.4. The zero-order valence-corrected chi connectivity index (χ0v) is 11.4. The highest BCUT2D eigenvalue weighted by atomic mass is 19.4. The highest BCUT2D eigenvalue weighted by molar-refractivity contribution is 5.75. The van der Waals surface area contributed by atoms with E-state index < -0.39 is 17.7 Å². The first-order valence-electron chi connectivity index (χ1n) is 6.16. The van der Waals surface area contributed by atoms with Crippen molar-refractivity contribution in [1.29, 1.82) is 0 Å². The second kappa shape index (κ2) is 6.08. The molecule has 8 heteroatoms. The van der Waals surface area contributed by atoms with Crippen LogP contribution < -0.4 is 4.90 Å². The van der Waals surface area contributed by atoms with Gasteiger partial charge in [-0.2, -0.15) is 17.6 Å². The first-order chi connectivity index (χ1) is 10.3. The maximum Gasteiger partial charge on any atom is 0.416 e. The van der Waals surface area contributed by atoms with Crippen LogP contribution in [0.2, 0.25) is 0 Å². The van der Waals surface area contributed by atoms with Gasteiger partial charge in [-0.25, -0.2) is 4.98 Å². The number of alkyl halides is 3. The summed E-state index contributed by atoms with van der Waals surface area (Å²) in [5.74, 6) is -0.860. The lowest BCUT2D eigenvalue weighted by molar-refractivity contribution is -0.138. The van der Waals surface area contributed by atoms with Crippen molar-refractivity contribution < 1.29 is 22.4 Å². The van der Waals surface area contributed by atoms with Gasteiger partial charge in [0.25, 0.3) is 0 Å². The maximum atomic E-state index is 13.5. The Morgan fingerprint density at radius 2 is 2.00 bits per heavy atom. The molecular weight excluding hydrogens is 302 g/mol. The van der Waals surface area contributed by atoms with Crippen molar-refractivity contribution in [1.82, 2.24) is 9.97 Å². The number of halogens is 4. The summed E-state index contributed by atoms with van der Waals surface area (Å²) in [5, 5.41) is 0. The van der Waals surface area contributed by atoms with Gasteiger partial charge in [0.05, 0.1) is 11.1 Å². The summed E-state index contributed by atoms with van der Waals surface area (Å²) in [6.45, 7) is -0.157. The van der Waals surface area contributed by atoms with Crippen LogP contribution in [0, 0.1) is 5.95 Å². The van der Waals surface area contributed by atoms with Gasteiger partial charge in [0.1, 0.15) is 5.82 Å². The fraction of sp³-hybridized carbons (Fsp3) is 0.214. The molecule has 22 heavy (non-hydrogen) atoms. The Balaban J connectivity index is 2.28. The molecule has 2 rings (SSSR count). The van der Waals surface area contributed by atoms with E-state index in [1.807, 2.05) is 0 Å². The molecule has 0 N–H and O–H groups in total. The van der Waals surface area contributed by atoms with Crippen molar-refractivity contribution in [2.24, 2.45) is 0 Å². The number of hydrogen-bond donors (Lipinski definition) is 0. The molecule has 0 aliphatic heterocycles. The van der Waals surface area contributed by atoms with Crippen LogP contribution in [0.1, 0.15) is 21.5 Å². The van der Waals surface area contributed by atoms with Crippen LogP contribution in [0.4, 0.5) is 23.4 Å². The molecule has 0 fully saturated rings. The molecule has 0 aliphatic rings. The number of aldehydes is 1. The summed E-state index contributed by atoms with van der Waals surface area (Å²) >= 11 is 0. The number of nitrogens with zero attached hydrogens (tertiary/aromatic N) is 3. The van der Waals surface area contributed by atoms with Crippen molar-refractivity contribution in [2.45, 2.75) is 12.7 Å². The van der Waals surface area contributed by atoms with Gasteiger partial charge in [-0.3, -0.25) is 9.78 Å². The lowest BCUT2D eigenvalue weighted by Crippen LogP contribution is -2.21. The molecule has 0 spiro atoms. The smallest absolute Gasteiger partial charge is 0.355 e. The summed E-state index contributed by atoms with van der Waals surface area (Å²) in [7, 11) is 1.47. The standard InChI is InChI=1S/C14H11F4N3O/c1-21(12-3-2-9(8-22)13(15)20-12)7-10-6-19-5-4-11(10)14(16,17)18/h2-6,8H,7H2,1H3. The molecule has 4 nitrogen and oxygen atoms in total. The van der Waals surface area contributed by atoms with Crippen LogP contribution in [0.25, 0.3) is 0 Å². The molecule has 2 aromatic heterocycles. The van der Waals surface area contributed by atoms with Crippen LogP contribution in [0.5, 0.6) is 0 Å². The average molecular weight is 313 g/mol. The largest absolute Gasteiger partial charge is 0.416 e. The molecule has 0 aliphatic carbocycles. The molecule has 0 amide bonds. The maximum absolute atomic E-state index is 13.5. The minimum atomic E-state index is -4.50. The first-order valence-corrected chi connectivity index (χ1v) is 6.16. The van der Waals surface area contributed by atoms with Crippen LogP contribution in [-0.4, -0.2) is 23.3 Å². The second-order valence-electron chi connectivity index (χ2n) is 4.55. The van der Waals surface area contributed by atoms with Crippen LogP contribution in [0.3, 0.4) is 0 Å². The van der Waals surface area contributed by atoms with Crippen molar-refractivity contribution in [3.05, 3.63) is 53.2 Å². The van der Waals surface area contributed by atoms with E-state index in [0.717, 1.165) is 18.5 Å². The SMILES string of the molecule is CN(Cc1cnccc1C(F)(F)F)c1ccc(C=O)c(F)n1. The van der Waals surface area contributed by atoms with Gasteiger partial charge in [-0.15, -0.1) is 0 Å². The summed E-state index contributed by atoms with van der Waals surface area (Å²) in [4.78, 5) is 19.1. The molecule has 2 aromatic rings. The molecule has 0 saturated carbocycles. The third-order valence-electron chi connectivity index (χ3n) is 3.00. The predicted octanol–water partition coefficient (Wildman–Crippen LogP) is 3.08. The lowest BCUT2D eigenvalue weighted by Gasteiger charge is -2.20. The van der Waals surface area contributed by atoms with Gasteiger partial charge in [0.2, 0.25) is 5.95 Å². The first kappa shape index (κ1) is 15.9. The van der Waals surface area contributed by atoms with E-state index in [9.17, 15) is 22.4 Å². The topological polar surface area (TPSA) is 46.1 Å². The number of aromatic nitrogens is 2. The van der Waals surface area contributed by atoms with Gasteiger partial charge >= 0.3 is 6.18 Å². The van der Waals surface area contributed by atoms with E-state index in [-0.39, 0.29) is 23.5 Å². The van der Waals surface area contributed by atoms with E-state index in [1.54, 1.807) is 0 Å². The van der Waals surface area contributed by atoms with Gasteiger partial charge in [-0.1, -0.05) is 0 Å². The number of pyridine rings is 2. The Labute approximate surface area is 123 Å². The monoisotopic (exact) mass is 313 g/mol. The normalized spacial score (nSPS) is 11.3. The molecule has 0 aromatic carbocycles. The van der Waals surface area contributed by atoms with Crippen LogP contribution in [-0.2, 0) is 12.7 Å². The quantitative estimate of drug-likeness (QED) is 0.494. The van der Waals surface area contributed by atoms with E-state index in [4.69, 9.17) is 0 Å². The van der Waals surface area contributed by atoms with Crippen molar-refractivity contribution in [2.75, 3.05) is 11.9 Å². The number of anilines is 1. The molecule has 2 heterocycles. The molecule has 0 saturated heterocycles. The molecule has 0 atom stereocenters. The fourth-order valence-corrected chi connectivity index (χ4v) is 1.90. The number of rotatable bonds is 4. The Morgan fingerprint density at radius 1 is 1.27 bits per heavy atom. The van der Waals surface area contributed by atoms with Gasteiger partial charge in [0, 0.05) is 31.5 Å². The van der Waals surface area contributed by atoms with Gasteiger partial charge in [-0.05, 0) is 18.2 Å². The zero-order chi connectivity index (χ0) is 16.3. The summed E-state index contributed by atoms with van der Waals surface area (Å²) in [6.07, 6.45) is -2.02. The minimum absolute atomic E-state index is 0.0563. The highest BCUT2D eigenvalue weighted by Crippen LogP contribution is 2.32.